The van der Waals surface area contributed by atoms with Crippen molar-refractivity contribution in [3.63, 3.8) is 0 Å². The van der Waals surface area contributed by atoms with E-state index in [1.807, 2.05) is 11.8 Å². The molecule has 1 aliphatic heterocycles. The van der Waals surface area contributed by atoms with Gasteiger partial charge in [0.25, 0.3) is 0 Å². The minimum atomic E-state index is 0.738. The Labute approximate surface area is 103 Å². The van der Waals surface area contributed by atoms with Crippen LogP contribution in [0, 0.1) is 0 Å². The van der Waals surface area contributed by atoms with Crippen LogP contribution in [0.4, 0.5) is 0 Å². The number of ether oxygens (including phenoxy) is 1. The average molecular weight is 288 g/mol. The Hall–Kier alpha value is -0.190. The van der Waals surface area contributed by atoms with Crippen LogP contribution in [-0.4, -0.2) is 18.9 Å². The van der Waals surface area contributed by atoms with Crippen molar-refractivity contribution in [2.24, 2.45) is 5.73 Å². The second kappa shape index (κ2) is 5.23. The summed E-state index contributed by atoms with van der Waals surface area (Å²) in [5, 5.41) is 0. The summed E-state index contributed by atoms with van der Waals surface area (Å²) in [5.74, 6) is 3.09. The van der Waals surface area contributed by atoms with Crippen molar-refractivity contribution in [2.45, 2.75) is 12.2 Å². The molecule has 1 heterocycles. The molecule has 0 atom stereocenters. The summed E-state index contributed by atoms with van der Waals surface area (Å²) in [4.78, 5) is 0. The Morgan fingerprint density at radius 3 is 3.13 bits per heavy atom. The molecule has 0 fully saturated rings. The van der Waals surface area contributed by atoms with Gasteiger partial charge in [0, 0.05) is 34.5 Å². The van der Waals surface area contributed by atoms with E-state index < -0.39 is 0 Å². The van der Waals surface area contributed by atoms with Crippen LogP contribution < -0.4 is 10.5 Å². The van der Waals surface area contributed by atoms with Crippen LogP contribution in [0.25, 0.3) is 0 Å². The molecule has 4 heteroatoms. The van der Waals surface area contributed by atoms with Crippen molar-refractivity contribution >= 4 is 27.7 Å². The highest BCUT2D eigenvalue weighted by molar-refractivity contribution is 9.10. The molecule has 0 bridgehead atoms. The van der Waals surface area contributed by atoms with E-state index >= 15 is 0 Å². The Bertz CT molecular complexity index is 357. The fourth-order valence-electron chi connectivity index (χ4n) is 1.72. The van der Waals surface area contributed by atoms with Crippen molar-refractivity contribution in [1.82, 2.24) is 0 Å². The minimum Gasteiger partial charge on any atom is -0.493 e. The normalized spacial score (nSPS) is 13.7. The zero-order valence-electron chi connectivity index (χ0n) is 8.46. The van der Waals surface area contributed by atoms with Gasteiger partial charge < -0.3 is 10.5 Å². The summed E-state index contributed by atoms with van der Waals surface area (Å²) in [6, 6.07) is 4.30. The first-order chi connectivity index (χ1) is 7.31. The molecule has 2 rings (SSSR count). The summed E-state index contributed by atoms with van der Waals surface area (Å²) in [5.41, 5.74) is 8.09. The van der Waals surface area contributed by atoms with Gasteiger partial charge in [-0.25, -0.2) is 0 Å². The lowest BCUT2D eigenvalue weighted by Gasteiger charge is -2.08. The Kier molecular flexibility index (Phi) is 3.94. The van der Waals surface area contributed by atoms with Gasteiger partial charge >= 0.3 is 0 Å². The largest absolute Gasteiger partial charge is 0.493 e. The summed E-state index contributed by atoms with van der Waals surface area (Å²) >= 11 is 5.39. The number of benzene rings is 1. The monoisotopic (exact) mass is 287 g/mol. The van der Waals surface area contributed by atoms with Crippen LogP contribution in [0.3, 0.4) is 0 Å². The summed E-state index contributed by atoms with van der Waals surface area (Å²) < 4.78 is 6.80. The molecule has 2 nitrogen and oxygen atoms in total. The lowest BCUT2D eigenvalue weighted by molar-refractivity contribution is 0.354. The SMILES string of the molecule is NCCSCc1cc(Br)cc2c1OCC2. The van der Waals surface area contributed by atoms with E-state index in [0.717, 1.165) is 41.3 Å². The summed E-state index contributed by atoms with van der Waals surface area (Å²) in [6.45, 7) is 1.56. The van der Waals surface area contributed by atoms with Crippen LogP contribution in [0.15, 0.2) is 16.6 Å². The van der Waals surface area contributed by atoms with Gasteiger partial charge in [-0.3, -0.25) is 0 Å². The van der Waals surface area contributed by atoms with Crippen LogP contribution in [0.1, 0.15) is 11.1 Å². The summed E-state index contributed by atoms with van der Waals surface area (Å²) in [7, 11) is 0. The molecule has 2 N–H and O–H groups in total. The molecule has 0 amide bonds. The minimum absolute atomic E-state index is 0.738. The topological polar surface area (TPSA) is 35.2 Å². The number of thioether (sulfide) groups is 1. The van der Waals surface area contributed by atoms with Crippen LogP contribution in [0.5, 0.6) is 5.75 Å². The number of halogens is 1. The molecule has 0 aromatic heterocycles. The van der Waals surface area contributed by atoms with Crippen LogP contribution in [0.2, 0.25) is 0 Å². The van der Waals surface area contributed by atoms with Crippen molar-refractivity contribution < 1.29 is 4.74 Å². The highest BCUT2D eigenvalue weighted by atomic mass is 79.9. The van der Waals surface area contributed by atoms with E-state index in [9.17, 15) is 0 Å². The highest BCUT2D eigenvalue weighted by Gasteiger charge is 2.16. The zero-order valence-corrected chi connectivity index (χ0v) is 10.9. The van der Waals surface area contributed by atoms with Crippen LogP contribution in [-0.2, 0) is 12.2 Å². The molecular formula is C11H14BrNOS. The lowest BCUT2D eigenvalue weighted by atomic mass is 10.1. The van der Waals surface area contributed by atoms with E-state index in [-0.39, 0.29) is 0 Å². The molecule has 1 aromatic carbocycles. The van der Waals surface area contributed by atoms with Crippen molar-refractivity contribution in [1.29, 1.82) is 0 Å². The highest BCUT2D eigenvalue weighted by Crippen LogP contribution is 2.34. The Morgan fingerprint density at radius 2 is 2.33 bits per heavy atom. The Morgan fingerprint density at radius 1 is 1.47 bits per heavy atom. The second-order valence-electron chi connectivity index (χ2n) is 3.49. The van der Waals surface area contributed by atoms with Gasteiger partial charge in [0.15, 0.2) is 0 Å². The van der Waals surface area contributed by atoms with Gasteiger partial charge in [-0.05, 0) is 17.7 Å². The smallest absolute Gasteiger partial charge is 0.126 e. The molecule has 0 saturated carbocycles. The maximum atomic E-state index is 5.65. The van der Waals surface area contributed by atoms with E-state index in [0.29, 0.717) is 0 Å². The number of nitrogens with two attached hydrogens (primary N) is 1. The van der Waals surface area contributed by atoms with E-state index in [1.54, 1.807) is 0 Å². The fraction of sp³-hybridized carbons (Fsp3) is 0.455. The fourth-order valence-corrected chi connectivity index (χ4v) is 3.02. The van der Waals surface area contributed by atoms with Gasteiger partial charge in [0.05, 0.1) is 6.61 Å². The van der Waals surface area contributed by atoms with Crippen molar-refractivity contribution in [3.8, 4) is 5.75 Å². The molecular weight excluding hydrogens is 274 g/mol. The van der Waals surface area contributed by atoms with Gasteiger partial charge in [-0.2, -0.15) is 11.8 Å². The van der Waals surface area contributed by atoms with E-state index in [1.165, 1.54) is 11.1 Å². The first kappa shape index (κ1) is 11.3. The molecule has 82 valence electrons. The predicted molar refractivity (Wildman–Crippen MR) is 68.6 cm³/mol. The quantitative estimate of drug-likeness (QED) is 0.865. The van der Waals surface area contributed by atoms with Gasteiger partial charge in [0.2, 0.25) is 0 Å². The van der Waals surface area contributed by atoms with Crippen molar-refractivity contribution in [3.05, 3.63) is 27.7 Å². The first-order valence-electron chi connectivity index (χ1n) is 5.03. The predicted octanol–water partition coefficient (Wildman–Crippen LogP) is 2.58. The van der Waals surface area contributed by atoms with Crippen LogP contribution >= 0.6 is 27.7 Å². The van der Waals surface area contributed by atoms with E-state index in [4.69, 9.17) is 10.5 Å². The molecule has 0 unspecified atom stereocenters. The Balaban J connectivity index is 2.15. The lowest BCUT2D eigenvalue weighted by Crippen LogP contribution is -2.01. The molecule has 0 aliphatic carbocycles. The van der Waals surface area contributed by atoms with Gasteiger partial charge in [0.1, 0.15) is 5.75 Å². The number of fused-ring (bicyclic) bond motifs is 1. The zero-order chi connectivity index (χ0) is 10.7. The maximum Gasteiger partial charge on any atom is 0.126 e. The number of hydrogen-bond donors (Lipinski definition) is 1. The first-order valence-corrected chi connectivity index (χ1v) is 6.98. The van der Waals surface area contributed by atoms with Gasteiger partial charge in [-0.15, -0.1) is 0 Å². The van der Waals surface area contributed by atoms with E-state index in [2.05, 4.69) is 28.1 Å². The molecule has 0 radical (unpaired) electrons. The molecule has 1 aromatic rings. The molecule has 0 spiro atoms. The van der Waals surface area contributed by atoms with Gasteiger partial charge in [-0.1, -0.05) is 15.9 Å². The number of hydrogen-bond acceptors (Lipinski definition) is 3. The molecule has 15 heavy (non-hydrogen) atoms. The standard InChI is InChI=1S/C11H14BrNOS/c12-10-5-8-1-3-14-11(8)9(6-10)7-15-4-2-13/h5-6H,1-4,7,13H2. The molecule has 0 saturated heterocycles. The maximum absolute atomic E-state index is 5.65. The average Bonchev–Trinajstić information content (AvgIpc) is 2.65. The number of rotatable bonds is 4. The third-order valence-electron chi connectivity index (χ3n) is 2.35. The molecule has 1 aliphatic rings. The van der Waals surface area contributed by atoms with Crippen molar-refractivity contribution in [2.75, 3.05) is 18.9 Å². The third kappa shape index (κ3) is 2.68. The summed E-state index contributed by atoms with van der Waals surface area (Å²) in [6.07, 6.45) is 1.03. The second-order valence-corrected chi connectivity index (χ2v) is 5.51. The third-order valence-corrected chi connectivity index (χ3v) is 3.84.